The molecule has 0 aliphatic heterocycles. The summed E-state index contributed by atoms with van der Waals surface area (Å²) in [4.78, 5) is 21.8. The number of rotatable bonds is 5. The number of hydrogen-bond donors (Lipinski definition) is 2. The van der Waals surface area contributed by atoms with Crippen molar-refractivity contribution in [1.29, 1.82) is 0 Å². The zero-order valence-corrected chi connectivity index (χ0v) is 18.4. The van der Waals surface area contributed by atoms with Gasteiger partial charge >= 0.3 is 8.97 Å². The first-order valence-corrected chi connectivity index (χ1v) is 16.3. The Morgan fingerprint density at radius 2 is 1.27 bits per heavy atom. The molecule has 0 radical (unpaired) electrons. The number of hydrogen-bond acceptors (Lipinski definition) is 4. The Labute approximate surface area is 138 Å². The normalized spacial score (nSPS) is 13.4. The van der Waals surface area contributed by atoms with E-state index in [1.54, 1.807) is 0 Å². The maximum absolute atomic E-state index is 10.9. The van der Waals surface area contributed by atoms with E-state index in [9.17, 15) is 9.59 Å². The van der Waals surface area contributed by atoms with Gasteiger partial charge in [0.15, 0.2) is 8.32 Å². The monoisotopic (exact) mass is 357 g/mol. The third-order valence-electron chi connectivity index (χ3n) is 3.26. The lowest BCUT2D eigenvalue weighted by Crippen LogP contribution is -2.69. The summed E-state index contributed by atoms with van der Waals surface area (Å²) in [6, 6.07) is 4.18. The topological polar surface area (TPSA) is 52.9 Å². The van der Waals surface area contributed by atoms with Gasteiger partial charge in [-0.05, 0) is 51.5 Å². The van der Waals surface area contributed by atoms with Crippen molar-refractivity contribution in [1.82, 2.24) is 0 Å². The van der Waals surface area contributed by atoms with Crippen LogP contribution < -0.4 is 4.23 Å². The molecule has 0 bridgehead atoms. The number of aryl methyl sites for hydroxylation is 3. The summed E-state index contributed by atoms with van der Waals surface area (Å²) in [5.41, 5.74) is 4.25. The average molecular weight is 358 g/mol. The average Bonchev–Trinajstić information content (AvgIpc) is 2.16. The fourth-order valence-corrected chi connectivity index (χ4v) is 12.1. The van der Waals surface area contributed by atoms with Crippen molar-refractivity contribution in [2.75, 3.05) is 4.23 Å². The number of nitrogens with zero attached hydrogens (tertiary/aromatic N) is 1. The summed E-state index contributed by atoms with van der Waals surface area (Å²) in [6.07, 6.45) is 0. The van der Waals surface area contributed by atoms with E-state index in [0.717, 1.165) is 16.8 Å². The molecule has 2 N–H and O–H groups in total. The van der Waals surface area contributed by atoms with Crippen LogP contribution in [0.15, 0.2) is 12.1 Å². The highest BCUT2D eigenvalue weighted by atomic mass is 28.5. The molecule has 0 unspecified atom stereocenters. The maximum Gasteiger partial charge on any atom is 0.609 e. The molecule has 0 aliphatic carbocycles. The van der Waals surface area contributed by atoms with Crippen molar-refractivity contribution in [2.45, 2.75) is 60.1 Å². The lowest BCUT2D eigenvalue weighted by atomic mass is 10.1. The second-order valence-electron chi connectivity index (χ2n) is 8.04. The molecule has 0 heterocycles. The Balaban J connectivity index is 3.51. The third-order valence-corrected chi connectivity index (χ3v) is 12.1. The van der Waals surface area contributed by atoms with Gasteiger partial charge in [-0.15, -0.1) is 0 Å². The second kappa shape index (κ2) is 6.22. The molecule has 4 nitrogen and oxygen atoms in total. The highest BCUT2D eigenvalue weighted by Crippen LogP contribution is 2.34. The predicted octanol–water partition coefficient (Wildman–Crippen LogP) is 3.52. The van der Waals surface area contributed by atoms with E-state index in [2.05, 4.69) is 38.7 Å². The number of benzene rings is 1. The van der Waals surface area contributed by atoms with Crippen LogP contribution in [0.3, 0.4) is 0 Å². The lowest BCUT2D eigenvalue weighted by Gasteiger charge is -2.45. The summed E-state index contributed by atoms with van der Waals surface area (Å²) in [5, 5.41) is 0. The van der Waals surface area contributed by atoms with Crippen LogP contribution in [0, 0.1) is 20.8 Å². The van der Waals surface area contributed by atoms with E-state index in [1.165, 1.54) is 5.56 Å². The van der Waals surface area contributed by atoms with Crippen molar-refractivity contribution in [3.63, 3.8) is 0 Å². The van der Waals surface area contributed by atoms with Gasteiger partial charge in [-0.3, -0.25) is 0 Å². The molecule has 0 spiro atoms. The van der Waals surface area contributed by atoms with Crippen molar-refractivity contribution >= 4 is 31.2 Å². The zero-order chi connectivity index (χ0) is 17.5. The summed E-state index contributed by atoms with van der Waals surface area (Å²) >= 11 is 0. The molecule has 1 aromatic rings. The van der Waals surface area contributed by atoms with E-state index in [-0.39, 0.29) is 0 Å². The minimum Gasteiger partial charge on any atom is -0.400 e. The van der Waals surface area contributed by atoms with Crippen molar-refractivity contribution < 1.29 is 13.7 Å². The first-order valence-electron chi connectivity index (χ1n) is 7.68. The van der Waals surface area contributed by atoms with Crippen LogP contribution in [0.4, 0.5) is 5.69 Å². The van der Waals surface area contributed by atoms with Crippen molar-refractivity contribution in [2.24, 2.45) is 0 Å². The van der Waals surface area contributed by atoms with Gasteiger partial charge in [-0.25, -0.2) is 0 Å². The van der Waals surface area contributed by atoms with E-state index in [1.807, 2.05) is 37.7 Å². The van der Waals surface area contributed by atoms with Crippen LogP contribution in [0.2, 0.25) is 39.3 Å². The summed E-state index contributed by atoms with van der Waals surface area (Å²) in [6.45, 7) is 18.4. The molecule has 0 aliphatic rings. The summed E-state index contributed by atoms with van der Waals surface area (Å²) in [7, 11) is -8.09. The molecular formula is C15H31NO3Si3. The molecule has 0 fully saturated rings. The van der Waals surface area contributed by atoms with E-state index < -0.39 is 25.5 Å². The Hall–Kier alpha value is -0.449. The van der Waals surface area contributed by atoms with Gasteiger partial charge in [-0.2, -0.15) is 0 Å². The van der Waals surface area contributed by atoms with Gasteiger partial charge in [0, 0.05) is 5.69 Å². The van der Waals surface area contributed by atoms with Crippen LogP contribution in [0.1, 0.15) is 16.7 Å². The van der Waals surface area contributed by atoms with Crippen LogP contribution >= 0.6 is 0 Å². The Bertz CT molecular complexity index is 525. The SMILES string of the molecule is Cc1cc(C)c(N([Si](C)(C)C)[Si](O)(O)O[Si](C)(C)C)c(C)c1. The summed E-state index contributed by atoms with van der Waals surface area (Å²) in [5.74, 6) is 0. The third kappa shape index (κ3) is 4.77. The summed E-state index contributed by atoms with van der Waals surface area (Å²) < 4.78 is 7.71. The Morgan fingerprint density at radius 1 is 0.864 bits per heavy atom. The maximum atomic E-state index is 10.9. The van der Waals surface area contributed by atoms with Gasteiger partial charge in [0.1, 0.15) is 8.24 Å². The smallest absolute Gasteiger partial charge is 0.400 e. The molecule has 126 valence electrons. The zero-order valence-electron chi connectivity index (χ0n) is 15.4. The van der Waals surface area contributed by atoms with Gasteiger partial charge in [0.25, 0.3) is 0 Å². The quantitative estimate of drug-likeness (QED) is 0.792. The lowest BCUT2D eigenvalue weighted by molar-refractivity contribution is 0.239. The Kier molecular flexibility index (Phi) is 5.54. The van der Waals surface area contributed by atoms with Gasteiger partial charge in [0.2, 0.25) is 0 Å². The fraction of sp³-hybridized carbons (Fsp3) is 0.600. The molecule has 7 heteroatoms. The molecule has 0 aromatic heterocycles. The molecule has 0 atom stereocenters. The van der Waals surface area contributed by atoms with Crippen LogP contribution in [0.5, 0.6) is 0 Å². The second-order valence-corrected chi connectivity index (χ2v) is 19.9. The van der Waals surface area contributed by atoms with Crippen molar-refractivity contribution in [3.05, 3.63) is 28.8 Å². The molecular weight excluding hydrogens is 326 g/mol. The van der Waals surface area contributed by atoms with Crippen LogP contribution in [-0.2, 0) is 4.12 Å². The first kappa shape index (κ1) is 19.6. The van der Waals surface area contributed by atoms with Crippen LogP contribution in [-0.4, -0.2) is 35.1 Å². The highest BCUT2D eigenvalue weighted by Gasteiger charge is 2.51. The largest absolute Gasteiger partial charge is 0.609 e. The standard InChI is InChI=1S/C15H31NO3Si3/c1-12-10-13(2)15(14(3)11-12)16(20(4,5)6)22(17,18)19-21(7,8)9/h10-11,17-18H,1-9H3. The van der Waals surface area contributed by atoms with Gasteiger partial charge < -0.3 is 17.9 Å². The first-order chi connectivity index (χ1) is 9.65. The fourth-order valence-electron chi connectivity index (χ4n) is 2.90. The number of anilines is 1. The highest BCUT2D eigenvalue weighted by molar-refractivity contribution is 6.95. The predicted molar refractivity (Wildman–Crippen MR) is 101 cm³/mol. The van der Waals surface area contributed by atoms with Crippen LogP contribution in [0.25, 0.3) is 0 Å². The van der Waals surface area contributed by atoms with E-state index in [0.29, 0.717) is 0 Å². The van der Waals surface area contributed by atoms with E-state index in [4.69, 9.17) is 4.12 Å². The van der Waals surface area contributed by atoms with Crippen molar-refractivity contribution in [3.8, 4) is 0 Å². The molecule has 0 amide bonds. The minimum absolute atomic E-state index is 0.930. The molecule has 0 saturated heterocycles. The molecule has 0 saturated carbocycles. The molecule has 1 rings (SSSR count). The molecule has 1 aromatic carbocycles. The van der Waals surface area contributed by atoms with E-state index >= 15 is 0 Å². The minimum atomic E-state index is -3.97. The molecule has 22 heavy (non-hydrogen) atoms. The van der Waals surface area contributed by atoms with Gasteiger partial charge in [-0.1, -0.05) is 37.3 Å². The van der Waals surface area contributed by atoms with Gasteiger partial charge in [0.05, 0.1) is 0 Å². The Morgan fingerprint density at radius 3 is 1.59 bits per heavy atom.